The summed E-state index contributed by atoms with van der Waals surface area (Å²) in [6.45, 7) is 5.06. The van der Waals surface area contributed by atoms with Crippen molar-refractivity contribution in [1.29, 1.82) is 5.41 Å². The van der Waals surface area contributed by atoms with Crippen LogP contribution in [0.25, 0.3) is 0 Å². The van der Waals surface area contributed by atoms with E-state index in [0.29, 0.717) is 12.3 Å². The van der Waals surface area contributed by atoms with E-state index in [4.69, 9.17) is 16.4 Å². The molecule has 0 unspecified atom stereocenters. The average molecular weight is 186 g/mol. The molecule has 75 valence electrons. The van der Waals surface area contributed by atoms with E-state index in [1.165, 1.54) is 0 Å². The molecule has 5 heteroatoms. The SMILES string of the molecule is C[C](CC(C)(C)C(N)=O)C(=N)NO. The zero-order chi connectivity index (χ0) is 10.6. The van der Waals surface area contributed by atoms with E-state index in [1.807, 2.05) is 0 Å². The molecule has 13 heavy (non-hydrogen) atoms. The molecule has 0 spiro atoms. The highest BCUT2D eigenvalue weighted by Crippen LogP contribution is 2.25. The van der Waals surface area contributed by atoms with Gasteiger partial charge in [0, 0.05) is 11.3 Å². The standard InChI is InChI=1S/C8H16N3O2/c1-5(6(9)11-13)4-8(2,3)7(10)12/h13H,4H2,1-3H3,(H2,9,11)(H2,10,12). The van der Waals surface area contributed by atoms with Crippen molar-refractivity contribution >= 4 is 11.7 Å². The van der Waals surface area contributed by atoms with Gasteiger partial charge in [0.15, 0.2) is 0 Å². The molecule has 0 fully saturated rings. The minimum atomic E-state index is -0.687. The smallest absolute Gasteiger partial charge is 0.223 e. The van der Waals surface area contributed by atoms with Crippen molar-refractivity contribution in [3.8, 4) is 0 Å². The number of primary amides is 1. The summed E-state index contributed by atoms with van der Waals surface area (Å²) in [5.41, 5.74) is 6.19. The molecule has 0 atom stereocenters. The van der Waals surface area contributed by atoms with Crippen LogP contribution in [0.3, 0.4) is 0 Å². The van der Waals surface area contributed by atoms with Gasteiger partial charge in [-0.15, -0.1) is 0 Å². The Hall–Kier alpha value is -1.10. The van der Waals surface area contributed by atoms with Gasteiger partial charge in [0.25, 0.3) is 0 Å². The first-order valence-corrected chi connectivity index (χ1v) is 3.92. The molecule has 5 N–H and O–H groups in total. The molecule has 0 heterocycles. The Bertz CT molecular complexity index is 213. The van der Waals surface area contributed by atoms with Crippen molar-refractivity contribution in [2.75, 3.05) is 0 Å². The summed E-state index contributed by atoms with van der Waals surface area (Å²) >= 11 is 0. The van der Waals surface area contributed by atoms with Crippen LogP contribution in [0.2, 0.25) is 0 Å². The first-order valence-electron chi connectivity index (χ1n) is 3.92. The molecule has 5 nitrogen and oxygen atoms in total. The van der Waals surface area contributed by atoms with E-state index in [0.717, 1.165) is 0 Å². The van der Waals surface area contributed by atoms with Crippen molar-refractivity contribution in [3.63, 3.8) is 0 Å². The fourth-order valence-electron chi connectivity index (χ4n) is 0.934. The number of carbonyl (C=O) groups is 1. The second-order valence-corrected chi connectivity index (χ2v) is 3.69. The van der Waals surface area contributed by atoms with Gasteiger partial charge in [-0.05, 0) is 6.42 Å². The number of nitrogens with one attached hydrogen (secondary N) is 2. The minimum Gasteiger partial charge on any atom is -0.369 e. The number of hydroxylamine groups is 1. The van der Waals surface area contributed by atoms with E-state index in [2.05, 4.69) is 0 Å². The summed E-state index contributed by atoms with van der Waals surface area (Å²) in [5.74, 6) is 0.0817. The van der Waals surface area contributed by atoms with Crippen LogP contribution in [0.4, 0.5) is 0 Å². The van der Waals surface area contributed by atoms with Crippen molar-refractivity contribution < 1.29 is 10.0 Å². The van der Waals surface area contributed by atoms with Gasteiger partial charge in [0.1, 0.15) is 5.84 Å². The molecule has 0 saturated heterocycles. The summed E-state index contributed by atoms with van der Waals surface area (Å²) in [4.78, 5) is 10.9. The molecular formula is C8H16N3O2. The number of amidine groups is 1. The van der Waals surface area contributed by atoms with Gasteiger partial charge in [-0.2, -0.15) is 0 Å². The number of amides is 1. The Labute approximate surface area is 77.8 Å². The predicted octanol–water partition coefficient (Wildman–Crippen LogP) is 0.438. The molecule has 0 aromatic carbocycles. The zero-order valence-electron chi connectivity index (χ0n) is 8.14. The third-order valence-corrected chi connectivity index (χ3v) is 1.91. The summed E-state index contributed by atoms with van der Waals surface area (Å²) in [5, 5.41) is 15.6. The molecule has 1 radical (unpaired) electrons. The maximum absolute atomic E-state index is 10.9. The molecule has 0 aliphatic heterocycles. The minimum absolute atomic E-state index is 0.0886. The Morgan fingerprint density at radius 2 is 2.08 bits per heavy atom. The first-order chi connectivity index (χ1) is 5.81. The molecular weight excluding hydrogens is 170 g/mol. The third kappa shape index (κ3) is 3.42. The summed E-state index contributed by atoms with van der Waals surface area (Å²) in [7, 11) is 0. The molecule has 0 aliphatic carbocycles. The Morgan fingerprint density at radius 1 is 1.62 bits per heavy atom. The van der Waals surface area contributed by atoms with Gasteiger partial charge >= 0.3 is 0 Å². The predicted molar refractivity (Wildman–Crippen MR) is 49.2 cm³/mol. The Balaban J connectivity index is 4.27. The zero-order valence-corrected chi connectivity index (χ0v) is 8.14. The fourth-order valence-corrected chi connectivity index (χ4v) is 0.934. The largest absolute Gasteiger partial charge is 0.369 e. The molecule has 0 rings (SSSR count). The van der Waals surface area contributed by atoms with Crippen molar-refractivity contribution in [2.45, 2.75) is 27.2 Å². The summed E-state index contributed by atoms with van der Waals surface area (Å²) in [6.07, 6.45) is 0.356. The normalized spacial score (nSPS) is 11.5. The number of carbonyl (C=O) groups excluding carboxylic acids is 1. The highest BCUT2D eigenvalue weighted by Gasteiger charge is 2.28. The van der Waals surface area contributed by atoms with Crippen LogP contribution >= 0.6 is 0 Å². The highest BCUT2D eigenvalue weighted by atomic mass is 16.5. The average Bonchev–Trinajstić information content (AvgIpc) is 2.01. The van der Waals surface area contributed by atoms with Crippen LogP contribution in [0.15, 0.2) is 0 Å². The van der Waals surface area contributed by atoms with Crippen LogP contribution in [-0.2, 0) is 4.79 Å². The topological polar surface area (TPSA) is 99.2 Å². The van der Waals surface area contributed by atoms with Gasteiger partial charge in [-0.3, -0.25) is 20.9 Å². The quantitative estimate of drug-likeness (QED) is 0.291. The van der Waals surface area contributed by atoms with Crippen molar-refractivity contribution in [2.24, 2.45) is 11.1 Å². The van der Waals surface area contributed by atoms with Crippen molar-refractivity contribution in [3.05, 3.63) is 5.92 Å². The van der Waals surface area contributed by atoms with E-state index >= 15 is 0 Å². The van der Waals surface area contributed by atoms with Crippen molar-refractivity contribution in [1.82, 2.24) is 5.48 Å². The molecule has 0 aromatic heterocycles. The maximum atomic E-state index is 10.9. The summed E-state index contributed by atoms with van der Waals surface area (Å²) in [6, 6.07) is 0. The second-order valence-electron chi connectivity index (χ2n) is 3.69. The van der Waals surface area contributed by atoms with Gasteiger partial charge in [-0.25, -0.2) is 0 Å². The van der Waals surface area contributed by atoms with Crippen LogP contribution in [0.5, 0.6) is 0 Å². The van der Waals surface area contributed by atoms with Crippen LogP contribution in [0.1, 0.15) is 27.2 Å². The van der Waals surface area contributed by atoms with Gasteiger partial charge < -0.3 is 5.73 Å². The lowest BCUT2D eigenvalue weighted by atomic mass is 9.82. The molecule has 0 aromatic rings. The number of hydrogen-bond acceptors (Lipinski definition) is 3. The monoisotopic (exact) mass is 186 g/mol. The van der Waals surface area contributed by atoms with Gasteiger partial charge in [0.2, 0.25) is 5.91 Å². The lowest BCUT2D eigenvalue weighted by Gasteiger charge is -2.23. The highest BCUT2D eigenvalue weighted by molar-refractivity contribution is 5.92. The van der Waals surface area contributed by atoms with Crippen LogP contribution in [-0.4, -0.2) is 17.0 Å². The van der Waals surface area contributed by atoms with E-state index in [1.54, 1.807) is 26.3 Å². The Morgan fingerprint density at radius 3 is 2.38 bits per heavy atom. The second kappa shape index (κ2) is 4.23. The number of rotatable bonds is 4. The molecule has 0 bridgehead atoms. The van der Waals surface area contributed by atoms with E-state index < -0.39 is 11.3 Å². The first kappa shape index (κ1) is 11.9. The third-order valence-electron chi connectivity index (χ3n) is 1.91. The van der Waals surface area contributed by atoms with Crippen LogP contribution < -0.4 is 11.2 Å². The lowest BCUT2D eigenvalue weighted by Crippen LogP contribution is -2.35. The van der Waals surface area contributed by atoms with Gasteiger partial charge in [-0.1, -0.05) is 20.8 Å². The van der Waals surface area contributed by atoms with E-state index in [9.17, 15) is 4.79 Å². The summed E-state index contributed by atoms with van der Waals surface area (Å²) < 4.78 is 0. The fraction of sp³-hybridized carbons (Fsp3) is 0.625. The van der Waals surface area contributed by atoms with Gasteiger partial charge in [0.05, 0.1) is 0 Å². The molecule has 0 saturated carbocycles. The van der Waals surface area contributed by atoms with E-state index in [-0.39, 0.29) is 5.84 Å². The Kier molecular flexibility index (Phi) is 3.87. The maximum Gasteiger partial charge on any atom is 0.223 e. The number of hydrogen-bond donors (Lipinski definition) is 4. The van der Waals surface area contributed by atoms with Crippen LogP contribution in [0, 0.1) is 16.7 Å². The molecule has 1 amide bonds. The lowest BCUT2D eigenvalue weighted by molar-refractivity contribution is -0.126. The number of nitrogens with two attached hydrogens (primary N) is 1. The molecule has 0 aliphatic rings.